The molecule has 25 heavy (non-hydrogen) atoms. The number of hydrogen-bond donors (Lipinski definition) is 1. The maximum absolute atomic E-state index is 13.6. The van der Waals surface area contributed by atoms with E-state index in [2.05, 4.69) is 10.2 Å². The number of carbonyl (C=O) groups excluding carboxylic acids is 1. The van der Waals surface area contributed by atoms with Crippen molar-refractivity contribution in [1.82, 2.24) is 10.2 Å². The summed E-state index contributed by atoms with van der Waals surface area (Å²) in [6.07, 6.45) is -0.515. The molecule has 2 rings (SSSR count). The fourth-order valence-corrected chi connectivity index (χ4v) is 2.97. The molecule has 1 aromatic rings. The van der Waals surface area contributed by atoms with Crippen LogP contribution in [-0.4, -0.2) is 56.0 Å². The van der Waals surface area contributed by atoms with Gasteiger partial charge in [0.1, 0.15) is 5.60 Å². The number of methoxy groups -OCH3 is 1. The molecule has 2 atom stereocenters. The van der Waals surface area contributed by atoms with Crippen molar-refractivity contribution in [2.24, 2.45) is 0 Å². The largest absolute Gasteiger partial charge is 0.444 e. The SMILES string of the molecule is COCCN1CC(c2ccc(F)c(F)c2)[C@H](NC(=O)OC(C)(C)C)C1. The smallest absolute Gasteiger partial charge is 0.407 e. The molecule has 1 amide bonds. The van der Waals surface area contributed by atoms with Crippen molar-refractivity contribution >= 4 is 6.09 Å². The Balaban J connectivity index is 2.14. The number of hydrogen-bond acceptors (Lipinski definition) is 4. The first kappa shape index (κ1) is 19.6. The first-order valence-electron chi connectivity index (χ1n) is 8.35. The van der Waals surface area contributed by atoms with Crippen LogP contribution in [0.1, 0.15) is 32.3 Å². The zero-order chi connectivity index (χ0) is 18.6. The van der Waals surface area contributed by atoms with Crippen molar-refractivity contribution in [3.8, 4) is 0 Å². The highest BCUT2D eigenvalue weighted by Gasteiger charge is 2.36. The summed E-state index contributed by atoms with van der Waals surface area (Å²) < 4.78 is 37.3. The van der Waals surface area contributed by atoms with E-state index in [-0.39, 0.29) is 12.0 Å². The van der Waals surface area contributed by atoms with E-state index in [1.807, 2.05) is 0 Å². The van der Waals surface area contributed by atoms with Crippen molar-refractivity contribution in [2.45, 2.75) is 38.3 Å². The quantitative estimate of drug-likeness (QED) is 0.881. The van der Waals surface area contributed by atoms with E-state index in [1.54, 1.807) is 33.9 Å². The predicted molar refractivity (Wildman–Crippen MR) is 90.6 cm³/mol. The van der Waals surface area contributed by atoms with Gasteiger partial charge in [-0.3, -0.25) is 4.90 Å². The minimum atomic E-state index is -0.885. The van der Waals surface area contributed by atoms with Crippen LogP contribution in [-0.2, 0) is 9.47 Å². The van der Waals surface area contributed by atoms with Crippen LogP contribution >= 0.6 is 0 Å². The Kier molecular flexibility index (Phi) is 6.35. The van der Waals surface area contributed by atoms with E-state index in [0.29, 0.717) is 31.8 Å². The van der Waals surface area contributed by atoms with Crippen LogP contribution < -0.4 is 5.32 Å². The number of likely N-dealkylation sites (tertiary alicyclic amines) is 1. The van der Waals surface area contributed by atoms with E-state index in [4.69, 9.17) is 9.47 Å². The van der Waals surface area contributed by atoms with Gasteiger partial charge in [-0.1, -0.05) is 6.07 Å². The molecule has 0 aromatic heterocycles. The number of nitrogens with zero attached hydrogens (tertiary/aromatic N) is 1. The summed E-state index contributed by atoms with van der Waals surface area (Å²) in [5.41, 5.74) is 0.0514. The van der Waals surface area contributed by atoms with E-state index >= 15 is 0 Å². The number of rotatable bonds is 5. The van der Waals surface area contributed by atoms with Gasteiger partial charge in [-0.15, -0.1) is 0 Å². The van der Waals surface area contributed by atoms with E-state index in [1.165, 1.54) is 6.07 Å². The molecule has 0 saturated carbocycles. The lowest BCUT2D eigenvalue weighted by molar-refractivity contribution is 0.0501. The van der Waals surface area contributed by atoms with Crippen molar-refractivity contribution in [3.63, 3.8) is 0 Å². The van der Waals surface area contributed by atoms with Crippen molar-refractivity contribution < 1.29 is 23.0 Å². The normalized spacial score (nSPS) is 21.4. The Bertz CT molecular complexity index is 604. The van der Waals surface area contributed by atoms with Gasteiger partial charge in [0.2, 0.25) is 0 Å². The summed E-state index contributed by atoms with van der Waals surface area (Å²) in [6.45, 7) is 7.84. The molecule has 1 fully saturated rings. The second kappa shape index (κ2) is 8.10. The second-order valence-corrected chi connectivity index (χ2v) is 7.29. The number of nitrogens with one attached hydrogen (secondary N) is 1. The number of alkyl carbamates (subject to hydrolysis) is 1. The van der Waals surface area contributed by atoms with Gasteiger partial charge in [-0.2, -0.15) is 0 Å². The lowest BCUT2D eigenvalue weighted by Crippen LogP contribution is -2.42. The van der Waals surface area contributed by atoms with Crippen LogP contribution in [0.2, 0.25) is 0 Å². The molecular formula is C18H26F2N2O3. The molecule has 1 aliphatic heterocycles. The summed E-state index contributed by atoms with van der Waals surface area (Å²) in [7, 11) is 1.62. The highest BCUT2D eigenvalue weighted by molar-refractivity contribution is 5.68. The zero-order valence-corrected chi connectivity index (χ0v) is 15.1. The van der Waals surface area contributed by atoms with Crippen LogP contribution in [0.25, 0.3) is 0 Å². The molecule has 1 aliphatic rings. The lowest BCUT2D eigenvalue weighted by Gasteiger charge is -2.24. The molecule has 1 unspecified atom stereocenters. The van der Waals surface area contributed by atoms with Gasteiger partial charge in [0.25, 0.3) is 0 Å². The Labute approximate surface area is 147 Å². The Hall–Kier alpha value is -1.73. The first-order chi connectivity index (χ1) is 11.7. The van der Waals surface area contributed by atoms with Crippen LogP contribution in [0.4, 0.5) is 13.6 Å². The number of halogens is 2. The molecule has 1 saturated heterocycles. The molecule has 140 valence electrons. The first-order valence-corrected chi connectivity index (χ1v) is 8.35. The molecular weight excluding hydrogens is 330 g/mol. The minimum Gasteiger partial charge on any atom is -0.444 e. The van der Waals surface area contributed by atoms with Crippen LogP contribution in [0.3, 0.4) is 0 Å². The van der Waals surface area contributed by atoms with Gasteiger partial charge in [-0.25, -0.2) is 13.6 Å². The third-order valence-corrected chi connectivity index (χ3v) is 4.08. The maximum Gasteiger partial charge on any atom is 0.407 e. The third kappa shape index (κ3) is 5.64. The number of amides is 1. The van der Waals surface area contributed by atoms with Crippen molar-refractivity contribution in [3.05, 3.63) is 35.4 Å². The van der Waals surface area contributed by atoms with Gasteiger partial charge in [0.15, 0.2) is 11.6 Å². The highest BCUT2D eigenvalue weighted by atomic mass is 19.2. The third-order valence-electron chi connectivity index (χ3n) is 4.08. The Morgan fingerprint density at radius 2 is 2.00 bits per heavy atom. The standard InChI is InChI=1S/C18H26F2N2O3/c1-18(2,3)25-17(23)21-16-11-22(7-8-24-4)10-13(16)12-5-6-14(19)15(20)9-12/h5-6,9,13,16H,7-8,10-11H2,1-4H3,(H,21,23)/t13?,16-/m1/s1. The van der Waals surface area contributed by atoms with Crippen LogP contribution in [0, 0.1) is 11.6 Å². The topological polar surface area (TPSA) is 50.8 Å². The van der Waals surface area contributed by atoms with Gasteiger partial charge in [0.05, 0.1) is 12.6 Å². The average molecular weight is 356 g/mol. The molecule has 5 nitrogen and oxygen atoms in total. The van der Waals surface area contributed by atoms with Gasteiger partial charge in [0, 0.05) is 32.7 Å². The summed E-state index contributed by atoms with van der Waals surface area (Å²) in [5.74, 6) is -1.92. The fourth-order valence-electron chi connectivity index (χ4n) is 2.97. The van der Waals surface area contributed by atoms with E-state index in [9.17, 15) is 13.6 Å². The number of carbonyl (C=O) groups is 1. The number of ether oxygens (including phenoxy) is 2. The van der Waals surface area contributed by atoms with Crippen molar-refractivity contribution in [2.75, 3.05) is 33.4 Å². The fraction of sp³-hybridized carbons (Fsp3) is 0.611. The summed E-state index contributed by atoms with van der Waals surface area (Å²) in [6, 6.07) is 3.63. The molecule has 7 heteroatoms. The molecule has 1 heterocycles. The van der Waals surface area contributed by atoms with E-state index in [0.717, 1.165) is 6.07 Å². The van der Waals surface area contributed by atoms with Crippen LogP contribution in [0.15, 0.2) is 18.2 Å². The Morgan fingerprint density at radius 3 is 2.60 bits per heavy atom. The van der Waals surface area contributed by atoms with E-state index < -0.39 is 23.3 Å². The molecule has 0 spiro atoms. The molecule has 1 N–H and O–H groups in total. The number of benzene rings is 1. The summed E-state index contributed by atoms with van der Waals surface area (Å²) in [4.78, 5) is 14.2. The predicted octanol–water partition coefficient (Wildman–Crippen LogP) is 2.90. The second-order valence-electron chi connectivity index (χ2n) is 7.29. The zero-order valence-electron chi connectivity index (χ0n) is 15.1. The van der Waals surface area contributed by atoms with Gasteiger partial charge >= 0.3 is 6.09 Å². The molecule has 1 aromatic carbocycles. The molecule has 0 aliphatic carbocycles. The van der Waals surface area contributed by atoms with Crippen LogP contribution in [0.5, 0.6) is 0 Å². The van der Waals surface area contributed by atoms with Gasteiger partial charge < -0.3 is 14.8 Å². The average Bonchev–Trinajstić information content (AvgIpc) is 2.88. The monoisotopic (exact) mass is 356 g/mol. The summed E-state index contributed by atoms with van der Waals surface area (Å²) >= 11 is 0. The highest BCUT2D eigenvalue weighted by Crippen LogP contribution is 2.29. The van der Waals surface area contributed by atoms with Gasteiger partial charge in [-0.05, 0) is 38.5 Å². The molecule has 0 radical (unpaired) electrons. The maximum atomic E-state index is 13.6. The lowest BCUT2D eigenvalue weighted by atomic mass is 9.94. The molecule has 0 bridgehead atoms. The van der Waals surface area contributed by atoms with Crippen molar-refractivity contribution in [1.29, 1.82) is 0 Å². The Morgan fingerprint density at radius 1 is 1.28 bits per heavy atom. The summed E-state index contributed by atoms with van der Waals surface area (Å²) in [5, 5.41) is 2.86. The minimum absolute atomic E-state index is 0.153.